The normalized spacial score (nSPS) is 19.0. The van der Waals surface area contributed by atoms with E-state index in [0.717, 1.165) is 26.2 Å². The number of piperazine rings is 1. The Hall–Kier alpha value is -1.15. The van der Waals surface area contributed by atoms with Crippen LogP contribution >= 0.6 is 0 Å². The van der Waals surface area contributed by atoms with Crippen LogP contribution in [0, 0.1) is 0 Å². The molecule has 1 heterocycles. The topological polar surface area (TPSA) is 78.7 Å². The van der Waals surface area contributed by atoms with Crippen molar-refractivity contribution in [1.29, 1.82) is 0 Å². The summed E-state index contributed by atoms with van der Waals surface area (Å²) in [5.41, 5.74) is 1.24. The standard InChI is InChI=1S/C13H22N4O2S/c1-12(15-20(14,18)19)11-16-7-9-17(10-8-16)13-5-3-2-4-6-13/h2-6,12,15H,7-11H2,1H3,(H2,14,18,19)/t12-/m0/s1. The van der Waals surface area contributed by atoms with Gasteiger partial charge in [-0.1, -0.05) is 18.2 Å². The van der Waals surface area contributed by atoms with E-state index in [-0.39, 0.29) is 6.04 Å². The predicted octanol–water partition coefficient (Wildman–Crippen LogP) is -0.00980. The molecule has 6 nitrogen and oxygen atoms in total. The molecule has 1 aromatic carbocycles. The van der Waals surface area contributed by atoms with Crippen molar-refractivity contribution in [1.82, 2.24) is 9.62 Å². The van der Waals surface area contributed by atoms with Gasteiger partial charge in [0.2, 0.25) is 0 Å². The molecule has 0 aliphatic carbocycles. The number of nitrogens with one attached hydrogen (secondary N) is 1. The molecule has 7 heteroatoms. The molecule has 3 N–H and O–H groups in total. The van der Waals surface area contributed by atoms with E-state index in [0.29, 0.717) is 6.54 Å². The van der Waals surface area contributed by atoms with Crippen molar-refractivity contribution in [2.24, 2.45) is 5.14 Å². The second kappa shape index (κ2) is 6.53. The number of anilines is 1. The van der Waals surface area contributed by atoms with Crippen LogP contribution in [0.25, 0.3) is 0 Å². The van der Waals surface area contributed by atoms with Crippen LogP contribution < -0.4 is 14.8 Å². The Morgan fingerprint density at radius 2 is 1.80 bits per heavy atom. The molecule has 2 rings (SSSR count). The quantitative estimate of drug-likeness (QED) is 0.801. The lowest BCUT2D eigenvalue weighted by Gasteiger charge is -2.37. The highest BCUT2D eigenvalue weighted by Gasteiger charge is 2.19. The number of nitrogens with zero attached hydrogens (tertiary/aromatic N) is 2. The largest absolute Gasteiger partial charge is 0.369 e. The first-order valence-corrected chi connectivity index (χ1v) is 8.31. The van der Waals surface area contributed by atoms with E-state index >= 15 is 0 Å². The van der Waals surface area contributed by atoms with Gasteiger partial charge in [-0.25, -0.2) is 5.14 Å². The van der Waals surface area contributed by atoms with Gasteiger partial charge in [-0.3, -0.25) is 4.90 Å². The zero-order valence-electron chi connectivity index (χ0n) is 11.7. The second-order valence-corrected chi connectivity index (χ2v) is 6.51. The highest BCUT2D eigenvalue weighted by Crippen LogP contribution is 2.15. The first kappa shape index (κ1) is 15.2. The summed E-state index contributed by atoms with van der Waals surface area (Å²) >= 11 is 0. The minimum absolute atomic E-state index is 0.173. The average molecular weight is 298 g/mol. The maximum Gasteiger partial charge on any atom is 0.274 e. The molecule has 1 aliphatic heterocycles. The third-order valence-corrected chi connectivity index (χ3v) is 4.12. The number of benzene rings is 1. The van der Waals surface area contributed by atoms with E-state index in [4.69, 9.17) is 5.14 Å². The summed E-state index contributed by atoms with van der Waals surface area (Å²) in [6.07, 6.45) is 0. The van der Waals surface area contributed by atoms with E-state index in [1.165, 1.54) is 5.69 Å². The minimum Gasteiger partial charge on any atom is -0.369 e. The Bertz CT molecular complexity index is 512. The molecule has 0 spiro atoms. The van der Waals surface area contributed by atoms with Crippen LogP contribution in [0.3, 0.4) is 0 Å². The molecule has 0 radical (unpaired) electrons. The first-order valence-electron chi connectivity index (χ1n) is 6.76. The molecule has 0 unspecified atom stereocenters. The van der Waals surface area contributed by atoms with Crippen molar-refractivity contribution in [2.75, 3.05) is 37.6 Å². The van der Waals surface area contributed by atoms with Gasteiger partial charge in [0.05, 0.1) is 0 Å². The van der Waals surface area contributed by atoms with E-state index in [2.05, 4.69) is 26.7 Å². The average Bonchev–Trinajstić information content (AvgIpc) is 2.38. The smallest absolute Gasteiger partial charge is 0.274 e. The molecule has 1 saturated heterocycles. The molecule has 1 atom stereocenters. The van der Waals surface area contributed by atoms with Gasteiger partial charge in [0.1, 0.15) is 0 Å². The lowest BCUT2D eigenvalue weighted by Crippen LogP contribution is -2.51. The lowest BCUT2D eigenvalue weighted by molar-refractivity contribution is 0.242. The van der Waals surface area contributed by atoms with Crippen molar-refractivity contribution < 1.29 is 8.42 Å². The van der Waals surface area contributed by atoms with Crippen LogP contribution in [-0.4, -0.2) is 52.1 Å². The van der Waals surface area contributed by atoms with Crippen molar-refractivity contribution in [3.63, 3.8) is 0 Å². The van der Waals surface area contributed by atoms with Crippen LogP contribution in [0.2, 0.25) is 0 Å². The number of hydrogen-bond acceptors (Lipinski definition) is 4. The molecule has 0 aromatic heterocycles. The second-order valence-electron chi connectivity index (χ2n) is 5.19. The molecule has 0 amide bonds. The van der Waals surface area contributed by atoms with E-state index in [1.54, 1.807) is 0 Å². The maximum atomic E-state index is 11.0. The third kappa shape index (κ3) is 4.75. The SMILES string of the molecule is C[C@@H](CN1CCN(c2ccccc2)CC1)NS(N)(=O)=O. The lowest BCUT2D eigenvalue weighted by atomic mass is 10.2. The third-order valence-electron chi connectivity index (χ3n) is 3.39. The molecule has 112 valence electrons. The van der Waals surface area contributed by atoms with Crippen LogP contribution in [-0.2, 0) is 10.2 Å². The molecular weight excluding hydrogens is 276 g/mol. The van der Waals surface area contributed by atoms with Crippen molar-refractivity contribution >= 4 is 15.9 Å². The number of hydrogen-bond donors (Lipinski definition) is 2. The Labute approximate surface area is 120 Å². The molecule has 1 fully saturated rings. The highest BCUT2D eigenvalue weighted by atomic mass is 32.2. The summed E-state index contributed by atoms with van der Waals surface area (Å²) in [7, 11) is -3.61. The molecule has 1 aromatic rings. The molecule has 0 bridgehead atoms. The zero-order valence-corrected chi connectivity index (χ0v) is 12.5. The van der Waals surface area contributed by atoms with Gasteiger partial charge >= 0.3 is 0 Å². The maximum absolute atomic E-state index is 11.0. The number of nitrogens with two attached hydrogens (primary N) is 1. The van der Waals surface area contributed by atoms with E-state index in [1.807, 2.05) is 25.1 Å². The van der Waals surface area contributed by atoms with Crippen molar-refractivity contribution in [3.05, 3.63) is 30.3 Å². The van der Waals surface area contributed by atoms with E-state index in [9.17, 15) is 8.42 Å². The minimum atomic E-state index is -3.61. The Morgan fingerprint density at radius 3 is 2.35 bits per heavy atom. The molecule has 1 aliphatic rings. The monoisotopic (exact) mass is 298 g/mol. The summed E-state index contributed by atoms with van der Waals surface area (Å²) in [6, 6.07) is 10.1. The summed E-state index contributed by atoms with van der Waals surface area (Å²) in [6.45, 7) is 6.25. The van der Waals surface area contributed by atoms with Crippen LogP contribution in [0.5, 0.6) is 0 Å². The number of rotatable bonds is 5. The molecular formula is C13H22N4O2S. The first-order chi connectivity index (χ1) is 9.44. The Morgan fingerprint density at radius 1 is 1.20 bits per heavy atom. The molecule has 0 saturated carbocycles. The number of para-hydroxylation sites is 1. The van der Waals surface area contributed by atoms with Gasteiger partial charge in [-0.2, -0.15) is 13.1 Å². The van der Waals surface area contributed by atoms with Crippen molar-refractivity contribution in [3.8, 4) is 0 Å². The predicted molar refractivity (Wildman–Crippen MR) is 80.8 cm³/mol. The van der Waals surface area contributed by atoms with Gasteiger partial charge in [-0.05, 0) is 19.1 Å². The Balaban J connectivity index is 1.80. The van der Waals surface area contributed by atoms with Gasteiger partial charge in [0, 0.05) is 44.5 Å². The summed E-state index contributed by atoms with van der Waals surface area (Å²) < 4.78 is 24.3. The summed E-state index contributed by atoms with van der Waals surface area (Å²) in [5, 5.41) is 4.97. The summed E-state index contributed by atoms with van der Waals surface area (Å²) in [5.74, 6) is 0. The molecule has 20 heavy (non-hydrogen) atoms. The fourth-order valence-corrected chi connectivity index (χ4v) is 3.17. The highest BCUT2D eigenvalue weighted by molar-refractivity contribution is 7.87. The van der Waals surface area contributed by atoms with Crippen LogP contribution in [0.15, 0.2) is 30.3 Å². The van der Waals surface area contributed by atoms with Crippen LogP contribution in [0.4, 0.5) is 5.69 Å². The fraction of sp³-hybridized carbons (Fsp3) is 0.538. The van der Waals surface area contributed by atoms with Gasteiger partial charge < -0.3 is 4.90 Å². The van der Waals surface area contributed by atoms with Crippen molar-refractivity contribution in [2.45, 2.75) is 13.0 Å². The van der Waals surface area contributed by atoms with Gasteiger partial charge in [0.25, 0.3) is 10.2 Å². The van der Waals surface area contributed by atoms with Crippen LogP contribution in [0.1, 0.15) is 6.92 Å². The summed E-state index contributed by atoms with van der Waals surface area (Å²) in [4.78, 5) is 4.59. The van der Waals surface area contributed by atoms with Gasteiger partial charge in [-0.15, -0.1) is 0 Å². The Kier molecular flexibility index (Phi) is 4.98. The van der Waals surface area contributed by atoms with Gasteiger partial charge in [0.15, 0.2) is 0 Å². The fourth-order valence-electron chi connectivity index (χ4n) is 2.53. The van der Waals surface area contributed by atoms with E-state index < -0.39 is 10.2 Å². The zero-order chi connectivity index (χ0) is 14.6.